The Labute approximate surface area is 269 Å². The van der Waals surface area contributed by atoms with Crippen LogP contribution in [0.4, 0.5) is 0 Å². The molecular formula is C34H44O12. The van der Waals surface area contributed by atoms with E-state index >= 15 is 0 Å². The highest BCUT2D eigenvalue weighted by Gasteiger charge is 2.53. The van der Waals surface area contributed by atoms with E-state index in [0.29, 0.717) is 0 Å². The van der Waals surface area contributed by atoms with Crippen LogP contribution < -0.4 is 0 Å². The van der Waals surface area contributed by atoms with Crippen LogP contribution in [0.3, 0.4) is 0 Å². The third kappa shape index (κ3) is 9.11. The average molecular weight is 645 g/mol. The summed E-state index contributed by atoms with van der Waals surface area (Å²) in [5.74, 6) is -2.62. The SMILES string of the molecule is COC1[C@H](O[C@H]2C(C)C(OCc3ccccc3)[C@H](OC(C)=O)O[C@H]2COC(C)=O)OC(C(=O)OCc2ccccc2)[C@@H](C)[C@H]1OC. The van der Waals surface area contributed by atoms with Crippen molar-refractivity contribution in [1.82, 2.24) is 0 Å². The molecule has 252 valence electrons. The molecular weight excluding hydrogens is 600 g/mol. The second kappa shape index (κ2) is 17.0. The summed E-state index contributed by atoms with van der Waals surface area (Å²) in [6.45, 7) is 6.29. The summed E-state index contributed by atoms with van der Waals surface area (Å²) in [5.41, 5.74) is 1.73. The largest absolute Gasteiger partial charge is 0.463 e. The monoisotopic (exact) mass is 644 g/mol. The molecule has 46 heavy (non-hydrogen) atoms. The summed E-state index contributed by atoms with van der Waals surface area (Å²) in [5, 5.41) is 0. The molecule has 0 amide bonds. The van der Waals surface area contributed by atoms with Gasteiger partial charge in [-0.25, -0.2) is 4.79 Å². The summed E-state index contributed by atoms with van der Waals surface area (Å²) >= 11 is 0. The first-order valence-corrected chi connectivity index (χ1v) is 15.3. The molecule has 0 aromatic heterocycles. The topological polar surface area (TPSA) is 134 Å². The number of esters is 3. The van der Waals surface area contributed by atoms with Crippen LogP contribution in [-0.4, -0.2) is 87.9 Å². The van der Waals surface area contributed by atoms with Crippen LogP contribution >= 0.6 is 0 Å². The molecule has 0 N–H and O–H groups in total. The maximum absolute atomic E-state index is 13.4. The molecule has 4 rings (SSSR count). The van der Waals surface area contributed by atoms with E-state index < -0.39 is 78.9 Å². The van der Waals surface area contributed by atoms with Crippen molar-refractivity contribution in [3.05, 3.63) is 71.8 Å². The first-order valence-electron chi connectivity index (χ1n) is 15.3. The average Bonchev–Trinajstić information content (AvgIpc) is 3.04. The number of hydrogen-bond donors (Lipinski definition) is 0. The number of hydrogen-bond acceptors (Lipinski definition) is 12. The molecule has 2 heterocycles. The maximum Gasteiger partial charge on any atom is 0.336 e. The quantitative estimate of drug-likeness (QED) is 0.233. The number of rotatable bonds is 13. The van der Waals surface area contributed by atoms with Crippen LogP contribution in [0, 0.1) is 11.8 Å². The Bertz CT molecular complexity index is 1260. The molecule has 10 atom stereocenters. The number of carbonyl (C=O) groups excluding carboxylic acids is 3. The van der Waals surface area contributed by atoms with Gasteiger partial charge in [-0.1, -0.05) is 74.5 Å². The van der Waals surface area contributed by atoms with Crippen molar-refractivity contribution in [1.29, 1.82) is 0 Å². The van der Waals surface area contributed by atoms with Gasteiger partial charge in [-0.15, -0.1) is 0 Å². The molecule has 2 fully saturated rings. The van der Waals surface area contributed by atoms with E-state index in [4.69, 9.17) is 42.6 Å². The van der Waals surface area contributed by atoms with E-state index in [1.54, 1.807) is 0 Å². The first kappa shape index (κ1) is 35.5. The summed E-state index contributed by atoms with van der Waals surface area (Å²) in [6, 6.07) is 18.8. The third-order valence-electron chi connectivity index (χ3n) is 8.16. The Balaban J connectivity index is 1.59. The van der Waals surface area contributed by atoms with Gasteiger partial charge in [0, 0.05) is 39.9 Å². The first-order chi connectivity index (χ1) is 22.1. The second-order valence-electron chi connectivity index (χ2n) is 11.5. The minimum Gasteiger partial charge on any atom is -0.463 e. The minimum absolute atomic E-state index is 0.0685. The minimum atomic E-state index is -1.13. The van der Waals surface area contributed by atoms with Gasteiger partial charge in [0.1, 0.15) is 31.5 Å². The van der Waals surface area contributed by atoms with Crippen molar-refractivity contribution in [2.24, 2.45) is 11.8 Å². The van der Waals surface area contributed by atoms with Crippen molar-refractivity contribution in [2.75, 3.05) is 20.8 Å². The normalized spacial score (nSPS) is 31.1. The summed E-state index contributed by atoms with van der Waals surface area (Å²) in [4.78, 5) is 37.2. The smallest absolute Gasteiger partial charge is 0.336 e. The van der Waals surface area contributed by atoms with Crippen LogP contribution in [0.1, 0.15) is 38.8 Å². The van der Waals surface area contributed by atoms with Crippen molar-refractivity contribution in [3.8, 4) is 0 Å². The Morgan fingerprint density at radius 3 is 1.85 bits per heavy atom. The molecule has 2 saturated heterocycles. The molecule has 12 nitrogen and oxygen atoms in total. The van der Waals surface area contributed by atoms with E-state index in [1.807, 2.05) is 74.5 Å². The molecule has 0 bridgehead atoms. The van der Waals surface area contributed by atoms with Crippen LogP contribution in [0.15, 0.2) is 60.7 Å². The molecule has 2 aromatic carbocycles. The zero-order valence-corrected chi connectivity index (χ0v) is 27.1. The van der Waals surface area contributed by atoms with Crippen molar-refractivity contribution in [2.45, 2.75) is 90.1 Å². The fraction of sp³-hybridized carbons (Fsp3) is 0.559. The molecule has 0 saturated carbocycles. The highest BCUT2D eigenvalue weighted by atomic mass is 16.8. The fourth-order valence-corrected chi connectivity index (χ4v) is 5.81. The van der Waals surface area contributed by atoms with Gasteiger partial charge in [-0.3, -0.25) is 9.59 Å². The molecule has 4 unspecified atom stereocenters. The van der Waals surface area contributed by atoms with Crippen LogP contribution in [0.2, 0.25) is 0 Å². The van der Waals surface area contributed by atoms with E-state index in [2.05, 4.69) is 0 Å². The number of ether oxygens (including phenoxy) is 9. The van der Waals surface area contributed by atoms with Crippen molar-refractivity contribution >= 4 is 17.9 Å². The molecule has 0 aliphatic carbocycles. The Kier molecular flexibility index (Phi) is 13.1. The van der Waals surface area contributed by atoms with Gasteiger partial charge in [0.05, 0.1) is 18.8 Å². The van der Waals surface area contributed by atoms with Gasteiger partial charge in [-0.05, 0) is 11.1 Å². The number of carbonyl (C=O) groups is 3. The zero-order chi connectivity index (χ0) is 33.2. The van der Waals surface area contributed by atoms with Gasteiger partial charge in [0.2, 0.25) is 6.29 Å². The zero-order valence-electron chi connectivity index (χ0n) is 27.1. The van der Waals surface area contributed by atoms with Gasteiger partial charge in [-0.2, -0.15) is 0 Å². The number of methoxy groups -OCH3 is 2. The molecule has 2 aliphatic rings. The van der Waals surface area contributed by atoms with Crippen molar-refractivity contribution < 1.29 is 57.0 Å². The van der Waals surface area contributed by atoms with Crippen LogP contribution in [0.5, 0.6) is 0 Å². The lowest BCUT2D eigenvalue weighted by Gasteiger charge is -2.48. The standard InChI is InChI=1S/C34H44O12/c1-20-27(26(19-40-22(3)35)44-33(43-23(4)36)30(20)41-17-24-13-9-7-10-14-24)45-34-31(39-6)28(38-5)21(2)29(46-34)32(37)42-18-25-15-11-8-12-16-25/h7-16,20-21,26-31,33-34H,17-19H2,1-6H3/t20?,21-,26-,27-,28+,29?,30?,31?,33+,34+/m0/s1. The molecule has 0 radical (unpaired) electrons. The number of benzene rings is 2. The van der Waals surface area contributed by atoms with Gasteiger partial charge >= 0.3 is 17.9 Å². The molecule has 2 aromatic rings. The predicted octanol–water partition coefficient (Wildman–Crippen LogP) is 3.58. The summed E-state index contributed by atoms with van der Waals surface area (Å²) in [6.07, 6.45) is -7.16. The third-order valence-corrected chi connectivity index (χ3v) is 8.16. The lowest BCUT2D eigenvalue weighted by atomic mass is 9.88. The molecule has 12 heteroatoms. The maximum atomic E-state index is 13.4. The lowest BCUT2D eigenvalue weighted by Crippen LogP contribution is -2.62. The van der Waals surface area contributed by atoms with Gasteiger partial charge < -0.3 is 42.6 Å². The predicted molar refractivity (Wildman–Crippen MR) is 162 cm³/mol. The highest BCUT2D eigenvalue weighted by molar-refractivity contribution is 5.75. The van der Waals surface area contributed by atoms with Crippen LogP contribution in [-0.2, 0) is 70.2 Å². The Hall–Kier alpha value is -3.39. The van der Waals surface area contributed by atoms with Gasteiger partial charge in [0.15, 0.2) is 12.4 Å². The second-order valence-corrected chi connectivity index (χ2v) is 11.5. The molecule has 2 aliphatic heterocycles. The van der Waals surface area contributed by atoms with E-state index in [1.165, 1.54) is 28.1 Å². The van der Waals surface area contributed by atoms with E-state index in [0.717, 1.165) is 11.1 Å². The molecule has 0 spiro atoms. The Morgan fingerprint density at radius 2 is 1.28 bits per heavy atom. The van der Waals surface area contributed by atoms with Crippen LogP contribution in [0.25, 0.3) is 0 Å². The summed E-state index contributed by atoms with van der Waals surface area (Å²) in [7, 11) is 3.02. The van der Waals surface area contributed by atoms with E-state index in [9.17, 15) is 14.4 Å². The lowest BCUT2D eigenvalue weighted by molar-refractivity contribution is -0.347. The fourth-order valence-electron chi connectivity index (χ4n) is 5.81. The summed E-state index contributed by atoms with van der Waals surface area (Å²) < 4.78 is 53.4. The van der Waals surface area contributed by atoms with Gasteiger partial charge in [0.25, 0.3) is 0 Å². The van der Waals surface area contributed by atoms with E-state index in [-0.39, 0.29) is 19.8 Å². The highest BCUT2D eigenvalue weighted by Crippen LogP contribution is 2.37. The Morgan fingerprint density at radius 1 is 0.674 bits per heavy atom. The van der Waals surface area contributed by atoms with Crippen molar-refractivity contribution in [3.63, 3.8) is 0 Å².